The number of imide groups is 1. The average Bonchev–Trinajstić information content (AvgIpc) is 3.23. The van der Waals surface area contributed by atoms with Gasteiger partial charge in [0.15, 0.2) is 0 Å². The third kappa shape index (κ3) is 2.58. The number of para-hydroxylation sites is 1. The summed E-state index contributed by atoms with van der Waals surface area (Å²) in [5, 5.41) is 0. The van der Waals surface area contributed by atoms with E-state index in [-0.39, 0.29) is 17.0 Å². The Morgan fingerprint density at radius 3 is 2.12 bits per heavy atom. The SMILES string of the molecule is O=C1C(c2ccc(F)cc2)=C(N2CCCC2)C(=O)N1c1ccccc1F. The number of likely N-dealkylation sites (tertiary alicyclic amines) is 1. The second kappa shape index (κ2) is 6.37. The minimum Gasteiger partial charge on any atom is -0.366 e. The van der Waals surface area contributed by atoms with Gasteiger partial charge in [0.25, 0.3) is 11.8 Å². The van der Waals surface area contributed by atoms with E-state index in [1.807, 2.05) is 4.90 Å². The molecular formula is C20H16F2N2O2. The molecule has 0 bridgehead atoms. The number of halogens is 2. The van der Waals surface area contributed by atoms with Crippen LogP contribution in [-0.4, -0.2) is 29.8 Å². The first kappa shape index (κ1) is 16.4. The standard InChI is InChI=1S/C20H16F2N2O2/c21-14-9-7-13(8-10-14)17-18(23-11-3-4-12-23)20(26)24(19(17)25)16-6-2-1-5-15(16)22/h1-2,5-10H,3-4,11-12H2. The molecule has 1 saturated heterocycles. The van der Waals surface area contributed by atoms with Gasteiger partial charge < -0.3 is 4.90 Å². The molecule has 2 aliphatic heterocycles. The molecule has 4 nitrogen and oxygen atoms in total. The topological polar surface area (TPSA) is 40.6 Å². The van der Waals surface area contributed by atoms with Gasteiger partial charge in [-0.25, -0.2) is 13.7 Å². The van der Waals surface area contributed by atoms with Crippen LogP contribution in [0.3, 0.4) is 0 Å². The molecule has 2 heterocycles. The number of rotatable bonds is 3. The lowest BCUT2D eigenvalue weighted by molar-refractivity contribution is -0.120. The molecule has 0 aromatic heterocycles. The largest absolute Gasteiger partial charge is 0.366 e. The van der Waals surface area contributed by atoms with Crippen molar-refractivity contribution in [3.8, 4) is 0 Å². The molecule has 132 valence electrons. The first-order valence-corrected chi connectivity index (χ1v) is 8.46. The summed E-state index contributed by atoms with van der Waals surface area (Å²) in [7, 11) is 0. The number of benzene rings is 2. The normalized spacial score (nSPS) is 17.6. The summed E-state index contributed by atoms with van der Waals surface area (Å²) in [5.74, 6) is -2.20. The average molecular weight is 354 g/mol. The fraction of sp³-hybridized carbons (Fsp3) is 0.200. The molecule has 0 unspecified atom stereocenters. The molecule has 0 spiro atoms. The molecule has 26 heavy (non-hydrogen) atoms. The lowest BCUT2D eigenvalue weighted by Crippen LogP contribution is -2.35. The number of hydrogen-bond donors (Lipinski definition) is 0. The van der Waals surface area contributed by atoms with Gasteiger partial charge in [-0.2, -0.15) is 0 Å². The van der Waals surface area contributed by atoms with Crippen LogP contribution in [0.15, 0.2) is 54.2 Å². The van der Waals surface area contributed by atoms with Crippen LogP contribution in [0.25, 0.3) is 5.57 Å². The molecule has 0 radical (unpaired) electrons. The molecule has 2 aromatic carbocycles. The van der Waals surface area contributed by atoms with Crippen molar-refractivity contribution in [3.05, 3.63) is 71.4 Å². The number of nitrogens with zero attached hydrogens (tertiary/aromatic N) is 2. The van der Waals surface area contributed by atoms with E-state index >= 15 is 0 Å². The molecule has 2 amide bonds. The van der Waals surface area contributed by atoms with Crippen molar-refractivity contribution < 1.29 is 18.4 Å². The summed E-state index contributed by atoms with van der Waals surface area (Å²) in [6.07, 6.45) is 1.84. The molecule has 2 aromatic rings. The third-order valence-electron chi connectivity index (χ3n) is 4.71. The van der Waals surface area contributed by atoms with Crippen molar-refractivity contribution >= 4 is 23.1 Å². The van der Waals surface area contributed by atoms with E-state index in [0.29, 0.717) is 18.7 Å². The fourth-order valence-electron chi connectivity index (χ4n) is 3.48. The van der Waals surface area contributed by atoms with E-state index in [9.17, 15) is 18.4 Å². The molecule has 0 N–H and O–H groups in total. The Morgan fingerprint density at radius 1 is 0.808 bits per heavy atom. The zero-order valence-corrected chi connectivity index (χ0v) is 13.9. The van der Waals surface area contributed by atoms with Crippen molar-refractivity contribution in [1.29, 1.82) is 0 Å². The van der Waals surface area contributed by atoms with Crippen molar-refractivity contribution in [1.82, 2.24) is 4.90 Å². The second-order valence-electron chi connectivity index (χ2n) is 6.32. The first-order chi connectivity index (χ1) is 12.6. The smallest absolute Gasteiger partial charge is 0.282 e. The Balaban J connectivity index is 1.86. The van der Waals surface area contributed by atoms with E-state index in [2.05, 4.69) is 0 Å². The summed E-state index contributed by atoms with van der Waals surface area (Å²) in [6, 6.07) is 11.1. The third-order valence-corrected chi connectivity index (χ3v) is 4.71. The van der Waals surface area contributed by atoms with Crippen molar-refractivity contribution in [2.24, 2.45) is 0 Å². The summed E-state index contributed by atoms with van der Waals surface area (Å²) in [5.41, 5.74) is 0.837. The lowest BCUT2D eigenvalue weighted by atomic mass is 10.0. The summed E-state index contributed by atoms with van der Waals surface area (Å²) in [4.78, 5) is 28.9. The predicted molar refractivity (Wildman–Crippen MR) is 93.0 cm³/mol. The number of anilines is 1. The van der Waals surface area contributed by atoms with Crippen LogP contribution >= 0.6 is 0 Å². The highest BCUT2D eigenvalue weighted by Crippen LogP contribution is 2.36. The first-order valence-electron chi connectivity index (χ1n) is 8.46. The summed E-state index contributed by atoms with van der Waals surface area (Å²) < 4.78 is 27.5. The molecule has 1 fully saturated rings. The van der Waals surface area contributed by atoms with Gasteiger partial charge in [0, 0.05) is 13.1 Å². The van der Waals surface area contributed by atoms with Gasteiger partial charge in [-0.15, -0.1) is 0 Å². The second-order valence-corrected chi connectivity index (χ2v) is 6.32. The van der Waals surface area contributed by atoms with Crippen LogP contribution < -0.4 is 4.90 Å². The van der Waals surface area contributed by atoms with Gasteiger partial charge in [0.2, 0.25) is 0 Å². The fourth-order valence-corrected chi connectivity index (χ4v) is 3.48. The highest BCUT2D eigenvalue weighted by atomic mass is 19.1. The van der Waals surface area contributed by atoms with Crippen molar-refractivity contribution in [3.63, 3.8) is 0 Å². The van der Waals surface area contributed by atoms with E-state index in [0.717, 1.165) is 17.7 Å². The van der Waals surface area contributed by atoms with E-state index in [4.69, 9.17) is 0 Å². The van der Waals surface area contributed by atoms with Crippen LogP contribution in [-0.2, 0) is 9.59 Å². The molecule has 6 heteroatoms. The lowest BCUT2D eigenvalue weighted by Gasteiger charge is -2.20. The van der Waals surface area contributed by atoms with Crippen LogP contribution in [0.4, 0.5) is 14.5 Å². The maximum absolute atomic E-state index is 14.2. The van der Waals surface area contributed by atoms with Gasteiger partial charge in [-0.1, -0.05) is 24.3 Å². The van der Waals surface area contributed by atoms with Crippen molar-refractivity contribution in [2.45, 2.75) is 12.8 Å². The number of amides is 2. The highest BCUT2D eigenvalue weighted by molar-refractivity contribution is 6.45. The predicted octanol–water partition coefficient (Wildman–Crippen LogP) is 3.35. The van der Waals surface area contributed by atoms with Gasteiger partial charge in [-0.05, 0) is 42.7 Å². The van der Waals surface area contributed by atoms with E-state index < -0.39 is 23.4 Å². The maximum Gasteiger partial charge on any atom is 0.282 e. The van der Waals surface area contributed by atoms with Crippen LogP contribution in [0.5, 0.6) is 0 Å². The van der Waals surface area contributed by atoms with E-state index in [1.54, 1.807) is 6.07 Å². The van der Waals surface area contributed by atoms with Gasteiger partial charge in [0.1, 0.15) is 17.3 Å². The maximum atomic E-state index is 14.2. The minimum atomic E-state index is -0.643. The summed E-state index contributed by atoms with van der Waals surface area (Å²) >= 11 is 0. The Bertz CT molecular complexity index is 916. The molecule has 0 aliphatic carbocycles. The summed E-state index contributed by atoms with van der Waals surface area (Å²) in [6.45, 7) is 1.31. The Kier molecular flexibility index (Phi) is 4.03. The Labute approximate surface area is 149 Å². The Morgan fingerprint density at radius 2 is 1.46 bits per heavy atom. The number of carbonyl (C=O) groups is 2. The van der Waals surface area contributed by atoms with Crippen LogP contribution in [0.1, 0.15) is 18.4 Å². The van der Waals surface area contributed by atoms with Crippen molar-refractivity contribution in [2.75, 3.05) is 18.0 Å². The van der Waals surface area contributed by atoms with Crippen LogP contribution in [0, 0.1) is 11.6 Å². The molecule has 4 rings (SSSR count). The van der Waals surface area contributed by atoms with Gasteiger partial charge in [-0.3, -0.25) is 9.59 Å². The molecule has 0 saturated carbocycles. The van der Waals surface area contributed by atoms with Crippen LogP contribution in [0.2, 0.25) is 0 Å². The van der Waals surface area contributed by atoms with E-state index in [1.165, 1.54) is 42.5 Å². The zero-order chi connectivity index (χ0) is 18.3. The number of hydrogen-bond acceptors (Lipinski definition) is 3. The molecule has 0 atom stereocenters. The highest BCUT2D eigenvalue weighted by Gasteiger charge is 2.43. The molecule has 2 aliphatic rings. The molecular weight excluding hydrogens is 338 g/mol. The van der Waals surface area contributed by atoms with Gasteiger partial charge in [0.05, 0.1) is 11.3 Å². The minimum absolute atomic E-state index is 0.0729. The van der Waals surface area contributed by atoms with Gasteiger partial charge >= 0.3 is 0 Å². The zero-order valence-electron chi connectivity index (χ0n) is 13.9. The quantitative estimate of drug-likeness (QED) is 0.794. The number of carbonyl (C=O) groups excluding carboxylic acids is 2. The Hall–Kier alpha value is -3.02. The monoisotopic (exact) mass is 354 g/mol.